The number of anilines is 2. The van der Waals surface area contributed by atoms with Crippen molar-refractivity contribution in [1.29, 1.82) is 0 Å². The van der Waals surface area contributed by atoms with Gasteiger partial charge < -0.3 is 10.2 Å². The van der Waals surface area contributed by atoms with E-state index in [0.717, 1.165) is 29.4 Å². The SMILES string of the molecule is CN(c1nccc(NCCc2cccc(Cl)c2)n1)C1CCS(=O)(=O)C1. The highest BCUT2D eigenvalue weighted by atomic mass is 35.5. The maximum absolute atomic E-state index is 11.7. The number of hydrogen-bond donors (Lipinski definition) is 1. The Morgan fingerprint density at radius 3 is 2.92 bits per heavy atom. The molecule has 1 aromatic carbocycles. The number of rotatable bonds is 6. The van der Waals surface area contributed by atoms with Crippen LogP contribution in [0.1, 0.15) is 12.0 Å². The van der Waals surface area contributed by atoms with E-state index in [4.69, 9.17) is 11.6 Å². The Morgan fingerprint density at radius 1 is 1.36 bits per heavy atom. The Balaban J connectivity index is 1.59. The van der Waals surface area contributed by atoms with Crippen LogP contribution in [0.15, 0.2) is 36.5 Å². The molecule has 1 saturated heterocycles. The first-order valence-corrected chi connectivity index (χ1v) is 10.4. The van der Waals surface area contributed by atoms with Crippen molar-refractivity contribution in [1.82, 2.24) is 9.97 Å². The fourth-order valence-corrected chi connectivity index (χ4v) is 4.88. The van der Waals surface area contributed by atoms with Crippen molar-refractivity contribution in [2.75, 3.05) is 35.3 Å². The molecule has 1 atom stereocenters. The fraction of sp³-hybridized carbons (Fsp3) is 0.412. The van der Waals surface area contributed by atoms with Gasteiger partial charge in [-0.2, -0.15) is 4.98 Å². The topological polar surface area (TPSA) is 75.2 Å². The molecule has 2 aromatic rings. The van der Waals surface area contributed by atoms with Crippen LogP contribution in [0.25, 0.3) is 0 Å². The van der Waals surface area contributed by atoms with Crippen LogP contribution in [0.4, 0.5) is 11.8 Å². The molecule has 25 heavy (non-hydrogen) atoms. The van der Waals surface area contributed by atoms with E-state index in [0.29, 0.717) is 12.4 Å². The van der Waals surface area contributed by atoms with E-state index in [9.17, 15) is 8.42 Å². The van der Waals surface area contributed by atoms with Crippen molar-refractivity contribution < 1.29 is 8.42 Å². The zero-order chi connectivity index (χ0) is 17.9. The maximum atomic E-state index is 11.7. The summed E-state index contributed by atoms with van der Waals surface area (Å²) in [6, 6.07) is 9.52. The average molecular weight is 381 g/mol. The van der Waals surface area contributed by atoms with E-state index in [1.807, 2.05) is 36.2 Å². The standard InChI is InChI=1S/C17H21ClN4O2S/c1-22(15-7-10-25(23,24)12-15)17-20-9-6-16(21-17)19-8-5-13-3-2-4-14(18)11-13/h2-4,6,9,11,15H,5,7-8,10,12H2,1H3,(H,19,20,21). The molecule has 1 N–H and O–H groups in total. The number of halogens is 1. The van der Waals surface area contributed by atoms with Crippen LogP contribution in [-0.2, 0) is 16.3 Å². The van der Waals surface area contributed by atoms with Crippen molar-refractivity contribution >= 4 is 33.2 Å². The molecule has 2 heterocycles. The van der Waals surface area contributed by atoms with Gasteiger partial charge in [-0.25, -0.2) is 13.4 Å². The van der Waals surface area contributed by atoms with Crippen LogP contribution in [0, 0.1) is 0 Å². The molecule has 0 spiro atoms. The third-order valence-corrected chi connectivity index (χ3v) is 6.31. The maximum Gasteiger partial charge on any atom is 0.227 e. The van der Waals surface area contributed by atoms with Crippen LogP contribution in [0.3, 0.4) is 0 Å². The zero-order valence-corrected chi connectivity index (χ0v) is 15.6. The number of sulfone groups is 1. The highest BCUT2D eigenvalue weighted by Gasteiger charge is 2.31. The van der Waals surface area contributed by atoms with Gasteiger partial charge in [0.2, 0.25) is 5.95 Å². The van der Waals surface area contributed by atoms with Crippen LogP contribution < -0.4 is 10.2 Å². The lowest BCUT2D eigenvalue weighted by Crippen LogP contribution is -2.34. The summed E-state index contributed by atoms with van der Waals surface area (Å²) < 4.78 is 23.3. The van der Waals surface area contributed by atoms with Gasteiger partial charge in [-0.3, -0.25) is 0 Å². The molecule has 6 nitrogen and oxygen atoms in total. The van der Waals surface area contributed by atoms with Gasteiger partial charge in [-0.15, -0.1) is 0 Å². The van der Waals surface area contributed by atoms with E-state index >= 15 is 0 Å². The third kappa shape index (κ3) is 4.83. The molecular formula is C17H21ClN4O2S. The highest BCUT2D eigenvalue weighted by Crippen LogP contribution is 2.21. The van der Waals surface area contributed by atoms with Crippen molar-refractivity contribution in [2.24, 2.45) is 0 Å². The Bertz CT molecular complexity index is 844. The van der Waals surface area contributed by atoms with E-state index in [2.05, 4.69) is 15.3 Å². The minimum absolute atomic E-state index is 0.0632. The average Bonchev–Trinajstić information content (AvgIpc) is 2.94. The Labute approximate surface area is 153 Å². The molecule has 8 heteroatoms. The summed E-state index contributed by atoms with van der Waals surface area (Å²) in [7, 11) is -1.09. The first kappa shape index (κ1) is 17.9. The van der Waals surface area contributed by atoms with Crippen molar-refractivity contribution in [3.05, 3.63) is 47.1 Å². The second kappa shape index (κ2) is 7.58. The van der Waals surface area contributed by atoms with Crippen molar-refractivity contribution in [3.63, 3.8) is 0 Å². The summed E-state index contributed by atoms with van der Waals surface area (Å²) in [6.07, 6.45) is 3.13. The molecule has 0 amide bonds. The molecular weight excluding hydrogens is 360 g/mol. The third-order valence-electron chi connectivity index (χ3n) is 4.32. The van der Waals surface area contributed by atoms with Gasteiger partial charge in [-0.1, -0.05) is 23.7 Å². The first-order chi connectivity index (χ1) is 11.9. The number of aromatic nitrogens is 2. The monoisotopic (exact) mass is 380 g/mol. The fourth-order valence-electron chi connectivity index (χ4n) is 2.89. The summed E-state index contributed by atoms with van der Waals surface area (Å²) in [4.78, 5) is 10.6. The molecule has 3 rings (SSSR count). The van der Waals surface area contributed by atoms with Gasteiger partial charge in [0, 0.05) is 30.9 Å². The Morgan fingerprint density at radius 2 is 2.20 bits per heavy atom. The lowest BCUT2D eigenvalue weighted by molar-refractivity contribution is 0.600. The normalized spacial score (nSPS) is 18.9. The highest BCUT2D eigenvalue weighted by molar-refractivity contribution is 7.91. The van der Waals surface area contributed by atoms with Gasteiger partial charge in [0.15, 0.2) is 9.84 Å². The second-order valence-corrected chi connectivity index (χ2v) is 8.88. The van der Waals surface area contributed by atoms with E-state index in [1.165, 1.54) is 0 Å². The number of nitrogens with zero attached hydrogens (tertiary/aromatic N) is 3. The summed E-state index contributed by atoms with van der Waals surface area (Å²) in [5.41, 5.74) is 1.16. The number of hydrogen-bond acceptors (Lipinski definition) is 6. The predicted octanol–water partition coefficient (Wildman–Crippen LogP) is 2.41. The van der Waals surface area contributed by atoms with E-state index in [-0.39, 0.29) is 17.5 Å². The largest absolute Gasteiger partial charge is 0.370 e. The van der Waals surface area contributed by atoms with E-state index < -0.39 is 9.84 Å². The summed E-state index contributed by atoms with van der Waals surface area (Å²) in [6.45, 7) is 0.721. The Hall–Kier alpha value is -1.86. The van der Waals surface area contributed by atoms with Crippen LogP contribution in [0.2, 0.25) is 5.02 Å². The van der Waals surface area contributed by atoms with Crippen LogP contribution in [-0.4, -0.2) is 49.5 Å². The van der Waals surface area contributed by atoms with Crippen LogP contribution in [0.5, 0.6) is 0 Å². The summed E-state index contributed by atoms with van der Waals surface area (Å²) >= 11 is 5.99. The Kier molecular flexibility index (Phi) is 5.44. The van der Waals surface area contributed by atoms with E-state index in [1.54, 1.807) is 12.3 Å². The van der Waals surface area contributed by atoms with Gasteiger partial charge in [-0.05, 0) is 36.6 Å². The lowest BCUT2D eigenvalue weighted by atomic mass is 10.1. The molecule has 134 valence electrons. The van der Waals surface area contributed by atoms with Crippen LogP contribution >= 0.6 is 11.6 Å². The van der Waals surface area contributed by atoms with Gasteiger partial charge in [0.05, 0.1) is 11.5 Å². The van der Waals surface area contributed by atoms with Gasteiger partial charge in [0.1, 0.15) is 5.82 Å². The molecule has 0 saturated carbocycles. The second-order valence-electron chi connectivity index (χ2n) is 6.22. The first-order valence-electron chi connectivity index (χ1n) is 8.17. The van der Waals surface area contributed by atoms with Gasteiger partial charge >= 0.3 is 0 Å². The summed E-state index contributed by atoms with van der Waals surface area (Å²) in [5.74, 6) is 1.66. The molecule has 0 aliphatic carbocycles. The molecule has 1 aliphatic heterocycles. The molecule has 0 radical (unpaired) electrons. The molecule has 1 aromatic heterocycles. The molecule has 1 aliphatic rings. The quantitative estimate of drug-likeness (QED) is 0.829. The minimum atomic E-state index is -2.93. The number of benzene rings is 1. The predicted molar refractivity (Wildman–Crippen MR) is 101 cm³/mol. The minimum Gasteiger partial charge on any atom is -0.370 e. The number of nitrogens with one attached hydrogen (secondary N) is 1. The molecule has 1 unspecified atom stereocenters. The molecule has 0 bridgehead atoms. The smallest absolute Gasteiger partial charge is 0.227 e. The van der Waals surface area contributed by atoms with Crippen molar-refractivity contribution in [2.45, 2.75) is 18.9 Å². The zero-order valence-electron chi connectivity index (χ0n) is 14.0. The van der Waals surface area contributed by atoms with Crippen molar-refractivity contribution in [3.8, 4) is 0 Å². The summed E-state index contributed by atoms with van der Waals surface area (Å²) in [5, 5.41) is 4.01. The lowest BCUT2D eigenvalue weighted by Gasteiger charge is -2.23. The molecule has 1 fully saturated rings. The van der Waals surface area contributed by atoms with Gasteiger partial charge in [0.25, 0.3) is 0 Å².